The van der Waals surface area contributed by atoms with Gasteiger partial charge in [0.15, 0.2) is 0 Å². The van der Waals surface area contributed by atoms with Crippen LogP contribution >= 0.6 is 11.3 Å². The fraction of sp³-hybridized carbons (Fsp3) is 0.318. The largest absolute Gasteiger partial charge is 0.443 e. The molecule has 0 unspecified atom stereocenters. The Morgan fingerprint density at radius 2 is 1.55 bits per heavy atom. The van der Waals surface area contributed by atoms with Crippen molar-refractivity contribution in [3.63, 3.8) is 0 Å². The van der Waals surface area contributed by atoms with Gasteiger partial charge in [0, 0.05) is 55.1 Å². The third kappa shape index (κ3) is 12.2. The summed E-state index contributed by atoms with van der Waals surface area (Å²) in [6, 6.07) is 25.2. The first-order chi connectivity index (χ1) is 27.4. The lowest BCUT2D eigenvalue weighted by Gasteiger charge is -2.26. The third-order valence-corrected chi connectivity index (χ3v) is 10.0. The molecule has 0 fully saturated rings. The number of aliphatic hydroxyl groups excluding tert-OH is 1. The number of ether oxygens (including phenoxy) is 1. The molecular formula is C44H48F3N5O5S. The van der Waals surface area contributed by atoms with E-state index in [4.69, 9.17) is 4.74 Å². The maximum Gasteiger partial charge on any atom is 0.416 e. The van der Waals surface area contributed by atoms with Crippen molar-refractivity contribution < 1.29 is 37.4 Å². The van der Waals surface area contributed by atoms with Crippen LogP contribution in [0, 0.1) is 6.92 Å². The highest BCUT2D eigenvalue weighted by Gasteiger charge is 2.30. The van der Waals surface area contributed by atoms with E-state index in [0.29, 0.717) is 22.4 Å². The summed E-state index contributed by atoms with van der Waals surface area (Å²) in [6.45, 7) is 7.46. The third-order valence-electron chi connectivity index (χ3n) is 9.08. The Balaban J connectivity index is 1.44. The number of hydrogen-bond donors (Lipinski definition) is 3. The number of nitrogens with zero attached hydrogens (tertiary/aromatic N) is 3. The molecule has 1 heterocycles. The number of carbonyl (C=O) groups is 3. The van der Waals surface area contributed by atoms with E-state index in [1.807, 2.05) is 42.6 Å². The Morgan fingerprint density at radius 1 is 0.862 bits per heavy atom. The van der Waals surface area contributed by atoms with E-state index in [2.05, 4.69) is 15.6 Å². The van der Waals surface area contributed by atoms with Gasteiger partial charge in [-0.25, -0.2) is 9.78 Å². The Hall–Kier alpha value is -5.57. The van der Waals surface area contributed by atoms with Crippen LogP contribution in [-0.4, -0.2) is 71.3 Å². The molecule has 0 saturated heterocycles. The highest BCUT2D eigenvalue weighted by molar-refractivity contribution is 7.09. The van der Waals surface area contributed by atoms with Crippen LogP contribution < -0.4 is 15.5 Å². The molecule has 14 heteroatoms. The number of nitrogens with one attached hydrogen (secondary N) is 2. The van der Waals surface area contributed by atoms with Crippen LogP contribution in [0.1, 0.15) is 68.9 Å². The van der Waals surface area contributed by atoms with Crippen LogP contribution in [0.15, 0.2) is 102 Å². The van der Waals surface area contributed by atoms with E-state index in [0.717, 1.165) is 28.4 Å². The predicted octanol–water partition coefficient (Wildman–Crippen LogP) is 8.27. The number of halogens is 3. The molecule has 0 spiro atoms. The molecule has 0 aliphatic carbocycles. The lowest BCUT2D eigenvalue weighted by atomic mass is 9.97. The lowest BCUT2D eigenvalue weighted by Crippen LogP contribution is -2.48. The van der Waals surface area contributed by atoms with Gasteiger partial charge in [0.05, 0.1) is 24.3 Å². The molecular weight excluding hydrogens is 768 g/mol. The van der Waals surface area contributed by atoms with E-state index in [1.54, 1.807) is 77.3 Å². The summed E-state index contributed by atoms with van der Waals surface area (Å²) in [6.07, 6.45) is -5.97. The van der Waals surface area contributed by atoms with Crippen molar-refractivity contribution in [3.8, 4) is 11.1 Å². The van der Waals surface area contributed by atoms with E-state index in [9.17, 15) is 32.7 Å². The molecule has 3 N–H and O–H groups in total. The van der Waals surface area contributed by atoms with Crippen molar-refractivity contribution in [3.05, 3.63) is 141 Å². The number of aromatic nitrogens is 1. The molecule has 4 aromatic carbocycles. The summed E-state index contributed by atoms with van der Waals surface area (Å²) in [4.78, 5) is 48.5. The van der Waals surface area contributed by atoms with Gasteiger partial charge in [-0.15, -0.1) is 11.3 Å². The van der Waals surface area contributed by atoms with Crippen LogP contribution in [0.5, 0.6) is 0 Å². The van der Waals surface area contributed by atoms with Crippen molar-refractivity contribution in [2.45, 2.75) is 71.1 Å². The topological polar surface area (TPSA) is 124 Å². The maximum absolute atomic E-state index is 14.2. The van der Waals surface area contributed by atoms with Gasteiger partial charge < -0.3 is 25.4 Å². The van der Waals surface area contributed by atoms with E-state index in [1.165, 1.54) is 33.3 Å². The van der Waals surface area contributed by atoms with Crippen LogP contribution in [-0.2, 0) is 30.4 Å². The van der Waals surface area contributed by atoms with Crippen molar-refractivity contribution in [2.24, 2.45) is 0 Å². The predicted molar refractivity (Wildman–Crippen MR) is 220 cm³/mol. The molecule has 0 radical (unpaired) electrons. The molecule has 5 rings (SSSR count). The van der Waals surface area contributed by atoms with Crippen molar-refractivity contribution in [1.82, 2.24) is 20.5 Å². The number of hydrogen-bond acceptors (Lipinski definition) is 8. The second kappa shape index (κ2) is 18.8. The Bertz CT molecular complexity index is 2210. The number of benzene rings is 4. The Kier molecular flexibility index (Phi) is 14.1. The maximum atomic E-state index is 14.2. The van der Waals surface area contributed by atoms with E-state index >= 15 is 0 Å². The van der Waals surface area contributed by atoms with Gasteiger partial charge in [0.1, 0.15) is 10.6 Å². The second-order valence-corrected chi connectivity index (χ2v) is 16.0. The molecule has 1 aromatic heterocycles. The number of alkyl halides is 3. The zero-order chi connectivity index (χ0) is 42.2. The Labute approximate surface area is 340 Å². The normalized spacial score (nSPS) is 12.7. The quantitative estimate of drug-likeness (QED) is 0.103. The van der Waals surface area contributed by atoms with Crippen molar-refractivity contribution in [2.75, 3.05) is 25.5 Å². The molecule has 10 nitrogen and oxygen atoms in total. The molecule has 0 saturated carbocycles. The van der Waals surface area contributed by atoms with Crippen LogP contribution in [0.2, 0.25) is 0 Å². The minimum Gasteiger partial charge on any atom is -0.443 e. The average Bonchev–Trinajstić information content (AvgIpc) is 3.60. The zero-order valence-corrected chi connectivity index (χ0v) is 34.1. The number of thiazole rings is 1. The summed E-state index contributed by atoms with van der Waals surface area (Å²) >= 11 is 1.44. The standard InChI is InChI=1S/C44H48F3N5O5S/c1-28-27-58-39(49-28)26-51(5)41(55)34-21-32(31-15-11-17-36(23-31)52(6)42(56)57-43(2,3)4)20-33(22-34)40(54)50-37(19-29-12-8-7-9-13-29)38(53)25-48-24-30-14-10-16-35(18-30)44(45,46)47/h7-18,20-23,27,37-38,48,53H,19,24-26H2,1-6H3,(H,50,54)/t37-,38-/m0/s1. The number of aliphatic hydroxyl groups is 1. The molecule has 2 atom stereocenters. The molecule has 0 bridgehead atoms. The summed E-state index contributed by atoms with van der Waals surface area (Å²) in [7, 11) is 3.24. The van der Waals surface area contributed by atoms with Crippen molar-refractivity contribution in [1.29, 1.82) is 0 Å². The van der Waals surface area contributed by atoms with E-state index in [-0.39, 0.29) is 43.1 Å². The van der Waals surface area contributed by atoms with Crippen LogP contribution in [0.4, 0.5) is 23.7 Å². The molecule has 0 aliphatic rings. The first-order valence-electron chi connectivity index (χ1n) is 18.6. The van der Waals surface area contributed by atoms with Gasteiger partial charge in [-0.2, -0.15) is 13.2 Å². The second-order valence-electron chi connectivity index (χ2n) is 15.1. The highest BCUT2D eigenvalue weighted by atomic mass is 32.1. The summed E-state index contributed by atoms with van der Waals surface area (Å²) in [5, 5.41) is 20.1. The number of carbonyl (C=O) groups excluding carboxylic acids is 3. The first-order valence-corrected chi connectivity index (χ1v) is 19.5. The monoisotopic (exact) mass is 815 g/mol. The summed E-state index contributed by atoms with van der Waals surface area (Å²) < 4.78 is 45.4. The van der Waals surface area contributed by atoms with Gasteiger partial charge in [-0.3, -0.25) is 14.5 Å². The number of rotatable bonds is 14. The fourth-order valence-corrected chi connectivity index (χ4v) is 6.94. The SMILES string of the molecule is Cc1csc(CN(C)C(=O)c2cc(C(=O)N[C@@H](Cc3ccccc3)[C@@H](O)CNCc3cccc(C(F)(F)F)c3)cc(-c3cccc(N(C)C(=O)OC(C)(C)C)c3)c2)n1. The molecule has 58 heavy (non-hydrogen) atoms. The first kappa shape index (κ1) is 43.6. The molecule has 306 valence electrons. The fourth-order valence-electron chi connectivity index (χ4n) is 6.12. The lowest BCUT2D eigenvalue weighted by molar-refractivity contribution is -0.137. The number of anilines is 1. The number of amides is 3. The van der Waals surface area contributed by atoms with Gasteiger partial charge in [0.25, 0.3) is 11.8 Å². The average molecular weight is 816 g/mol. The molecule has 0 aliphatic heterocycles. The summed E-state index contributed by atoms with van der Waals surface area (Å²) in [5.74, 6) is -0.917. The minimum atomic E-state index is -4.49. The molecule has 5 aromatic rings. The summed E-state index contributed by atoms with van der Waals surface area (Å²) in [5.41, 5.74) is 2.62. The van der Waals surface area contributed by atoms with Gasteiger partial charge in [-0.1, -0.05) is 60.7 Å². The minimum absolute atomic E-state index is 0.0449. The smallest absolute Gasteiger partial charge is 0.416 e. The van der Waals surface area contributed by atoms with Gasteiger partial charge >= 0.3 is 12.3 Å². The van der Waals surface area contributed by atoms with Gasteiger partial charge in [0.2, 0.25) is 0 Å². The number of aryl methyl sites for hydroxylation is 1. The van der Waals surface area contributed by atoms with Gasteiger partial charge in [-0.05, 0) is 92.8 Å². The Morgan fingerprint density at radius 3 is 2.22 bits per heavy atom. The zero-order valence-electron chi connectivity index (χ0n) is 33.3. The van der Waals surface area contributed by atoms with Crippen LogP contribution in [0.3, 0.4) is 0 Å². The molecule has 3 amide bonds. The van der Waals surface area contributed by atoms with E-state index < -0.39 is 41.5 Å². The van der Waals surface area contributed by atoms with Crippen molar-refractivity contribution >= 4 is 34.9 Å². The highest BCUT2D eigenvalue weighted by Crippen LogP contribution is 2.30. The van der Waals surface area contributed by atoms with Crippen LogP contribution in [0.25, 0.3) is 11.1 Å².